The zero-order valence-corrected chi connectivity index (χ0v) is 16.6. The summed E-state index contributed by atoms with van der Waals surface area (Å²) >= 11 is 6.18. The van der Waals surface area contributed by atoms with Gasteiger partial charge < -0.3 is 9.64 Å². The highest BCUT2D eigenvalue weighted by atomic mass is 35.5. The van der Waals surface area contributed by atoms with E-state index in [1.165, 1.54) is 0 Å². The van der Waals surface area contributed by atoms with E-state index in [-0.39, 0.29) is 17.8 Å². The van der Waals surface area contributed by atoms with Crippen molar-refractivity contribution in [2.45, 2.75) is 12.8 Å². The number of hydrogen-bond acceptors (Lipinski definition) is 7. The van der Waals surface area contributed by atoms with E-state index in [9.17, 15) is 4.79 Å². The molecule has 2 aromatic heterocycles. The lowest BCUT2D eigenvalue weighted by molar-refractivity contribution is -0.120. The van der Waals surface area contributed by atoms with E-state index in [0.29, 0.717) is 48.6 Å². The minimum absolute atomic E-state index is 0.0964. The lowest BCUT2D eigenvalue weighted by atomic mass is 9.96. The van der Waals surface area contributed by atoms with Crippen LogP contribution in [-0.4, -0.2) is 51.3 Å². The second kappa shape index (κ2) is 8.44. The molecule has 0 aliphatic carbocycles. The molecule has 10 heteroatoms. The van der Waals surface area contributed by atoms with Gasteiger partial charge in [-0.2, -0.15) is 9.97 Å². The molecule has 1 fully saturated rings. The summed E-state index contributed by atoms with van der Waals surface area (Å²) in [5.74, 6) is 1.66. The molecule has 1 amide bonds. The molecule has 1 saturated heterocycles. The Labute approximate surface area is 172 Å². The van der Waals surface area contributed by atoms with Crippen LogP contribution in [0.1, 0.15) is 12.8 Å². The Morgan fingerprint density at radius 3 is 2.79 bits per heavy atom. The Hall–Kier alpha value is -3.20. The molecule has 1 aliphatic rings. The number of aromatic amines is 1. The van der Waals surface area contributed by atoms with Crippen LogP contribution in [0.5, 0.6) is 5.88 Å². The smallest absolute Gasteiger partial charge is 0.249 e. The van der Waals surface area contributed by atoms with Gasteiger partial charge in [-0.25, -0.2) is 4.98 Å². The Morgan fingerprint density at radius 2 is 2.03 bits per heavy atom. The number of amides is 1. The second-order valence-electron chi connectivity index (χ2n) is 6.64. The first-order valence-corrected chi connectivity index (χ1v) is 9.62. The van der Waals surface area contributed by atoms with E-state index in [0.717, 1.165) is 5.56 Å². The van der Waals surface area contributed by atoms with Crippen LogP contribution >= 0.6 is 11.6 Å². The van der Waals surface area contributed by atoms with Crippen molar-refractivity contribution in [2.24, 2.45) is 5.92 Å². The summed E-state index contributed by atoms with van der Waals surface area (Å²) in [6.07, 6.45) is 3.04. The van der Waals surface area contributed by atoms with Gasteiger partial charge in [0.1, 0.15) is 0 Å². The van der Waals surface area contributed by atoms with Crippen LogP contribution in [0.3, 0.4) is 0 Å². The number of ether oxygens (including phenoxy) is 1. The number of benzene rings is 1. The summed E-state index contributed by atoms with van der Waals surface area (Å²) in [5.41, 5.74) is 0.730. The van der Waals surface area contributed by atoms with Crippen LogP contribution in [-0.2, 0) is 4.79 Å². The van der Waals surface area contributed by atoms with Crippen LogP contribution in [0.2, 0.25) is 5.02 Å². The third-order valence-corrected chi connectivity index (χ3v) is 5.15. The summed E-state index contributed by atoms with van der Waals surface area (Å²) in [6.45, 7) is 1.37. The molecule has 0 saturated carbocycles. The molecule has 0 atom stereocenters. The molecule has 3 aromatic rings. The molecule has 0 bridgehead atoms. The Bertz CT molecular complexity index is 1000. The van der Waals surface area contributed by atoms with Gasteiger partial charge in [0.15, 0.2) is 5.82 Å². The fraction of sp³-hybridized carbons (Fsp3) is 0.316. The SMILES string of the molecule is COc1ccnc(N2CCC(C(=O)Nc3n[nH]c(-c4ccccc4Cl)n3)CC2)n1. The number of nitrogens with zero attached hydrogens (tertiary/aromatic N) is 5. The number of piperidine rings is 1. The highest BCUT2D eigenvalue weighted by molar-refractivity contribution is 6.33. The third-order valence-electron chi connectivity index (χ3n) is 4.82. The molecule has 1 aliphatic heterocycles. The van der Waals surface area contributed by atoms with Crippen LogP contribution in [0, 0.1) is 5.92 Å². The first-order valence-electron chi connectivity index (χ1n) is 9.24. The van der Waals surface area contributed by atoms with Crippen molar-refractivity contribution in [3.05, 3.63) is 41.6 Å². The molecule has 2 N–H and O–H groups in total. The maximum absolute atomic E-state index is 12.6. The van der Waals surface area contributed by atoms with Gasteiger partial charge in [0.05, 0.1) is 12.1 Å². The summed E-state index contributed by atoms with van der Waals surface area (Å²) in [7, 11) is 1.57. The Kier molecular flexibility index (Phi) is 5.57. The molecule has 1 aromatic carbocycles. The maximum atomic E-state index is 12.6. The summed E-state index contributed by atoms with van der Waals surface area (Å²) in [6, 6.07) is 9.02. The average molecular weight is 414 g/mol. The number of rotatable bonds is 5. The van der Waals surface area contributed by atoms with Crippen LogP contribution in [0.4, 0.5) is 11.9 Å². The van der Waals surface area contributed by atoms with Crippen molar-refractivity contribution in [1.29, 1.82) is 0 Å². The number of anilines is 2. The fourth-order valence-corrected chi connectivity index (χ4v) is 3.47. The van der Waals surface area contributed by atoms with E-state index in [1.54, 1.807) is 25.4 Å². The molecule has 9 nitrogen and oxygen atoms in total. The molecular weight excluding hydrogens is 394 g/mol. The van der Waals surface area contributed by atoms with Crippen molar-refractivity contribution in [1.82, 2.24) is 25.1 Å². The van der Waals surface area contributed by atoms with E-state index in [2.05, 4.69) is 35.4 Å². The number of carbonyl (C=O) groups is 1. The molecule has 29 heavy (non-hydrogen) atoms. The van der Waals surface area contributed by atoms with Crippen molar-refractivity contribution >= 4 is 29.4 Å². The van der Waals surface area contributed by atoms with Gasteiger partial charge >= 0.3 is 0 Å². The average Bonchev–Trinajstić information content (AvgIpc) is 3.22. The predicted molar refractivity (Wildman–Crippen MR) is 109 cm³/mol. The number of methoxy groups -OCH3 is 1. The first-order chi connectivity index (χ1) is 14.1. The van der Waals surface area contributed by atoms with Crippen LogP contribution < -0.4 is 15.0 Å². The molecule has 0 unspecified atom stereocenters. The van der Waals surface area contributed by atoms with E-state index < -0.39 is 0 Å². The molecule has 4 rings (SSSR count). The largest absolute Gasteiger partial charge is 0.481 e. The normalized spacial score (nSPS) is 14.6. The van der Waals surface area contributed by atoms with Gasteiger partial charge in [-0.05, 0) is 25.0 Å². The van der Waals surface area contributed by atoms with Crippen LogP contribution in [0.25, 0.3) is 11.4 Å². The summed E-state index contributed by atoms with van der Waals surface area (Å²) in [4.78, 5) is 27.6. The van der Waals surface area contributed by atoms with E-state index >= 15 is 0 Å². The monoisotopic (exact) mass is 413 g/mol. The van der Waals surface area contributed by atoms with Crippen molar-refractivity contribution in [3.8, 4) is 17.3 Å². The molecule has 150 valence electrons. The lowest BCUT2D eigenvalue weighted by Crippen LogP contribution is -2.39. The van der Waals surface area contributed by atoms with Gasteiger partial charge in [0, 0.05) is 36.8 Å². The Balaban J connectivity index is 1.35. The zero-order chi connectivity index (χ0) is 20.2. The van der Waals surface area contributed by atoms with E-state index in [1.807, 2.05) is 18.2 Å². The zero-order valence-electron chi connectivity index (χ0n) is 15.8. The lowest BCUT2D eigenvalue weighted by Gasteiger charge is -2.31. The highest BCUT2D eigenvalue weighted by Crippen LogP contribution is 2.26. The van der Waals surface area contributed by atoms with Crippen molar-refractivity contribution < 1.29 is 9.53 Å². The number of halogens is 1. The minimum atomic E-state index is -0.126. The first kappa shape index (κ1) is 19.1. The highest BCUT2D eigenvalue weighted by Gasteiger charge is 2.27. The molecule has 3 heterocycles. The van der Waals surface area contributed by atoms with Gasteiger partial charge in [-0.3, -0.25) is 15.2 Å². The maximum Gasteiger partial charge on any atom is 0.249 e. The van der Waals surface area contributed by atoms with E-state index in [4.69, 9.17) is 16.3 Å². The second-order valence-corrected chi connectivity index (χ2v) is 7.04. The number of hydrogen-bond donors (Lipinski definition) is 2. The number of carbonyl (C=O) groups excluding carboxylic acids is 1. The number of H-pyrrole nitrogens is 1. The van der Waals surface area contributed by atoms with Gasteiger partial charge in [-0.1, -0.05) is 23.7 Å². The number of nitrogens with one attached hydrogen (secondary N) is 2. The molecule has 0 radical (unpaired) electrons. The third kappa shape index (κ3) is 4.29. The predicted octanol–water partition coefficient (Wildman–Crippen LogP) is 2.78. The van der Waals surface area contributed by atoms with Crippen LogP contribution in [0.15, 0.2) is 36.5 Å². The summed E-state index contributed by atoms with van der Waals surface area (Å²) < 4.78 is 5.15. The summed E-state index contributed by atoms with van der Waals surface area (Å²) in [5, 5.41) is 10.2. The molecule has 0 spiro atoms. The van der Waals surface area contributed by atoms with Crippen molar-refractivity contribution in [3.63, 3.8) is 0 Å². The van der Waals surface area contributed by atoms with Gasteiger partial charge in [0.25, 0.3) is 0 Å². The standard InChI is InChI=1S/C19H20ClN7O2/c1-29-15-6-9-21-19(22-15)27-10-7-12(8-11-27)17(28)24-18-23-16(25-26-18)13-4-2-3-5-14(13)20/h2-6,9,12H,7-8,10-11H2,1H3,(H2,23,24,25,26,28). The van der Waals surface area contributed by atoms with Gasteiger partial charge in [0.2, 0.25) is 23.7 Å². The fourth-order valence-electron chi connectivity index (χ4n) is 3.24. The van der Waals surface area contributed by atoms with Gasteiger partial charge in [-0.15, -0.1) is 5.10 Å². The molecular formula is C19H20ClN7O2. The quantitative estimate of drug-likeness (QED) is 0.661. The minimum Gasteiger partial charge on any atom is -0.481 e. The van der Waals surface area contributed by atoms with Crippen molar-refractivity contribution in [2.75, 3.05) is 30.4 Å². The number of aromatic nitrogens is 5. The topological polar surface area (TPSA) is 109 Å². The Morgan fingerprint density at radius 1 is 1.24 bits per heavy atom.